The van der Waals surface area contributed by atoms with Crippen molar-refractivity contribution in [2.45, 2.75) is 19.6 Å². The molecule has 1 aliphatic heterocycles. The first-order chi connectivity index (χ1) is 14.0. The summed E-state index contributed by atoms with van der Waals surface area (Å²) >= 11 is 0. The molecule has 2 aromatic carbocycles. The van der Waals surface area contributed by atoms with Crippen LogP contribution in [-0.2, 0) is 19.6 Å². The van der Waals surface area contributed by atoms with Gasteiger partial charge in [0.25, 0.3) is 0 Å². The molecule has 0 saturated heterocycles. The third-order valence-corrected chi connectivity index (χ3v) is 5.52. The standard InChI is InChI=1S/C23H19F2N3O/c1-27-10-15-5-4-14(7-17(15)11-27)16-8-20(24)19(21(25)9-16)12-28-13-22-18(23(28)29)3-2-6-26-22/h2-9,13,29H,10-12H2,1H3. The first kappa shape index (κ1) is 17.8. The summed E-state index contributed by atoms with van der Waals surface area (Å²) in [6, 6.07) is 12.1. The van der Waals surface area contributed by atoms with Gasteiger partial charge in [0.1, 0.15) is 11.6 Å². The molecule has 4 nitrogen and oxygen atoms in total. The fraction of sp³-hybridized carbons (Fsp3) is 0.174. The van der Waals surface area contributed by atoms with Crippen molar-refractivity contribution < 1.29 is 13.9 Å². The summed E-state index contributed by atoms with van der Waals surface area (Å²) in [6.45, 7) is 1.61. The van der Waals surface area contributed by atoms with E-state index in [1.807, 2.05) is 25.2 Å². The van der Waals surface area contributed by atoms with Gasteiger partial charge >= 0.3 is 0 Å². The summed E-state index contributed by atoms with van der Waals surface area (Å²) < 4.78 is 31.1. The van der Waals surface area contributed by atoms with Crippen LogP contribution in [0, 0.1) is 11.6 Å². The topological polar surface area (TPSA) is 41.3 Å². The van der Waals surface area contributed by atoms with E-state index < -0.39 is 11.6 Å². The van der Waals surface area contributed by atoms with Crippen LogP contribution in [0.4, 0.5) is 8.78 Å². The van der Waals surface area contributed by atoms with Crippen molar-refractivity contribution in [3.05, 3.63) is 83.2 Å². The Hall–Kier alpha value is -3.25. The molecule has 1 N–H and O–H groups in total. The lowest BCUT2D eigenvalue weighted by Gasteiger charge is -2.11. The molecule has 0 bridgehead atoms. The molecule has 0 atom stereocenters. The number of pyridine rings is 1. The molecule has 4 aromatic rings. The molecule has 2 aromatic heterocycles. The SMILES string of the molecule is CN1Cc2ccc(-c3cc(F)c(Cn4cc5ncccc5c4O)c(F)c3)cc2C1. The number of halogens is 2. The summed E-state index contributed by atoms with van der Waals surface area (Å²) in [5, 5.41) is 10.9. The zero-order chi connectivity index (χ0) is 20.1. The maximum atomic E-state index is 14.8. The molecule has 0 amide bonds. The van der Waals surface area contributed by atoms with Crippen molar-refractivity contribution in [1.82, 2.24) is 14.5 Å². The van der Waals surface area contributed by atoms with Gasteiger partial charge in [-0.25, -0.2) is 8.78 Å². The van der Waals surface area contributed by atoms with E-state index in [1.54, 1.807) is 24.5 Å². The average molecular weight is 391 g/mol. The first-order valence-corrected chi connectivity index (χ1v) is 9.41. The van der Waals surface area contributed by atoms with E-state index in [4.69, 9.17) is 0 Å². The predicted octanol–water partition coefficient (Wildman–Crippen LogP) is 4.68. The summed E-state index contributed by atoms with van der Waals surface area (Å²) in [4.78, 5) is 6.36. The summed E-state index contributed by atoms with van der Waals surface area (Å²) in [7, 11) is 2.05. The molecule has 0 saturated carbocycles. The van der Waals surface area contributed by atoms with Crippen molar-refractivity contribution in [2.75, 3.05) is 7.05 Å². The van der Waals surface area contributed by atoms with E-state index >= 15 is 0 Å². The highest BCUT2D eigenvalue weighted by Gasteiger charge is 2.19. The van der Waals surface area contributed by atoms with Crippen LogP contribution in [0.2, 0.25) is 0 Å². The van der Waals surface area contributed by atoms with Gasteiger partial charge in [-0.15, -0.1) is 0 Å². The molecule has 0 aliphatic carbocycles. The Kier molecular flexibility index (Phi) is 4.10. The Labute approximate surface area is 166 Å². The molecule has 5 rings (SSSR count). The fourth-order valence-electron chi connectivity index (χ4n) is 4.03. The van der Waals surface area contributed by atoms with Crippen LogP contribution in [0.5, 0.6) is 5.88 Å². The number of fused-ring (bicyclic) bond motifs is 2. The van der Waals surface area contributed by atoms with E-state index in [0.717, 1.165) is 18.7 Å². The highest BCUT2D eigenvalue weighted by atomic mass is 19.1. The van der Waals surface area contributed by atoms with E-state index in [9.17, 15) is 13.9 Å². The van der Waals surface area contributed by atoms with Gasteiger partial charge in [-0.2, -0.15) is 0 Å². The number of aromatic hydroxyl groups is 1. The number of benzene rings is 2. The second kappa shape index (κ2) is 6.67. The van der Waals surface area contributed by atoms with Crippen LogP contribution in [-0.4, -0.2) is 26.6 Å². The van der Waals surface area contributed by atoms with Crippen LogP contribution in [0.15, 0.2) is 54.9 Å². The smallest absolute Gasteiger partial charge is 0.201 e. The Bertz CT molecular complexity index is 1230. The lowest BCUT2D eigenvalue weighted by molar-refractivity contribution is 0.353. The molecule has 0 fully saturated rings. The normalized spacial score (nSPS) is 13.9. The number of aromatic nitrogens is 2. The van der Waals surface area contributed by atoms with Crippen LogP contribution < -0.4 is 0 Å². The Morgan fingerprint density at radius 2 is 1.76 bits per heavy atom. The summed E-state index contributed by atoms with van der Waals surface area (Å²) in [6.07, 6.45) is 3.20. The molecule has 6 heteroatoms. The second-order valence-electron chi connectivity index (χ2n) is 7.59. The highest BCUT2D eigenvalue weighted by Crippen LogP contribution is 2.31. The van der Waals surface area contributed by atoms with Gasteiger partial charge in [0.15, 0.2) is 0 Å². The molecule has 29 heavy (non-hydrogen) atoms. The van der Waals surface area contributed by atoms with Crippen molar-refractivity contribution in [1.29, 1.82) is 0 Å². The third-order valence-electron chi connectivity index (χ3n) is 5.52. The Morgan fingerprint density at radius 1 is 1.00 bits per heavy atom. The predicted molar refractivity (Wildman–Crippen MR) is 107 cm³/mol. The maximum Gasteiger partial charge on any atom is 0.201 e. The number of rotatable bonds is 3. The molecular formula is C23H19F2N3O. The minimum Gasteiger partial charge on any atom is -0.494 e. The van der Waals surface area contributed by atoms with Crippen molar-refractivity contribution >= 4 is 10.9 Å². The summed E-state index contributed by atoms with van der Waals surface area (Å²) in [5.74, 6) is -1.33. The van der Waals surface area contributed by atoms with Crippen LogP contribution >= 0.6 is 0 Å². The van der Waals surface area contributed by atoms with E-state index in [-0.39, 0.29) is 18.0 Å². The lowest BCUT2D eigenvalue weighted by atomic mass is 9.99. The molecule has 3 heterocycles. The van der Waals surface area contributed by atoms with Gasteiger partial charge < -0.3 is 9.67 Å². The first-order valence-electron chi connectivity index (χ1n) is 9.41. The molecule has 0 spiro atoms. The number of hydrogen-bond acceptors (Lipinski definition) is 3. The largest absolute Gasteiger partial charge is 0.494 e. The molecule has 0 radical (unpaired) electrons. The zero-order valence-electron chi connectivity index (χ0n) is 15.9. The second-order valence-corrected chi connectivity index (χ2v) is 7.59. The quantitative estimate of drug-likeness (QED) is 0.551. The number of hydrogen-bond donors (Lipinski definition) is 1. The van der Waals surface area contributed by atoms with Gasteiger partial charge in [-0.05, 0) is 59.6 Å². The molecule has 0 unspecified atom stereocenters. The van der Waals surface area contributed by atoms with Gasteiger partial charge in [-0.1, -0.05) is 12.1 Å². The molecule has 146 valence electrons. The minimum absolute atomic E-state index is 0.0567. The molecular weight excluding hydrogens is 372 g/mol. The monoisotopic (exact) mass is 391 g/mol. The lowest BCUT2D eigenvalue weighted by Crippen LogP contribution is -2.07. The van der Waals surface area contributed by atoms with Gasteiger partial charge in [0, 0.05) is 31.0 Å². The highest BCUT2D eigenvalue weighted by molar-refractivity contribution is 5.84. The van der Waals surface area contributed by atoms with Crippen LogP contribution in [0.3, 0.4) is 0 Å². The fourth-order valence-corrected chi connectivity index (χ4v) is 4.03. The van der Waals surface area contributed by atoms with Gasteiger partial charge in [0.2, 0.25) is 5.88 Å². The zero-order valence-corrected chi connectivity index (χ0v) is 15.9. The minimum atomic E-state index is -0.636. The van der Waals surface area contributed by atoms with Crippen molar-refractivity contribution in [3.63, 3.8) is 0 Å². The Balaban J connectivity index is 1.50. The summed E-state index contributed by atoms with van der Waals surface area (Å²) in [5.41, 5.74) is 4.21. The van der Waals surface area contributed by atoms with Gasteiger partial charge in [-0.3, -0.25) is 9.88 Å². The van der Waals surface area contributed by atoms with Crippen LogP contribution in [0.1, 0.15) is 16.7 Å². The number of nitrogens with zero attached hydrogens (tertiary/aromatic N) is 3. The Morgan fingerprint density at radius 3 is 2.52 bits per heavy atom. The van der Waals surface area contributed by atoms with E-state index in [1.165, 1.54) is 27.8 Å². The maximum absolute atomic E-state index is 14.8. The van der Waals surface area contributed by atoms with Crippen LogP contribution in [0.25, 0.3) is 22.0 Å². The molecule has 1 aliphatic rings. The van der Waals surface area contributed by atoms with E-state index in [2.05, 4.69) is 9.88 Å². The third kappa shape index (κ3) is 3.06. The van der Waals surface area contributed by atoms with Crippen molar-refractivity contribution in [3.8, 4) is 17.0 Å². The van der Waals surface area contributed by atoms with Crippen molar-refractivity contribution in [2.24, 2.45) is 0 Å². The average Bonchev–Trinajstić information content (AvgIpc) is 3.23. The van der Waals surface area contributed by atoms with Gasteiger partial charge in [0.05, 0.1) is 17.4 Å². The van der Waals surface area contributed by atoms with E-state index in [0.29, 0.717) is 16.5 Å².